The van der Waals surface area contributed by atoms with E-state index in [4.69, 9.17) is 15.9 Å². The zero-order chi connectivity index (χ0) is 15.4. The molecule has 1 aromatic carbocycles. The summed E-state index contributed by atoms with van der Waals surface area (Å²) in [7, 11) is 0. The summed E-state index contributed by atoms with van der Waals surface area (Å²) in [4.78, 5) is 17.0. The number of benzene rings is 1. The standard InChI is InChI=1S/C17H11NO3S/c1-2-9-20-14-7-4-3-6-12(14)11-13-17(19)21-16(18-13)15-8-5-10-22-15/h1,3-8,10-11H,9H2. The SMILES string of the molecule is C#CCOc1ccccc1C=C1N=C(c2cccs2)OC1=O. The summed E-state index contributed by atoms with van der Waals surface area (Å²) in [6.45, 7) is 0.161. The third-order valence-electron chi connectivity index (χ3n) is 2.87. The van der Waals surface area contributed by atoms with Crippen molar-refractivity contribution in [2.24, 2.45) is 4.99 Å². The van der Waals surface area contributed by atoms with Gasteiger partial charge in [0.25, 0.3) is 0 Å². The number of carbonyl (C=O) groups excluding carboxylic acids is 1. The van der Waals surface area contributed by atoms with E-state index in [0.717, 1.165) is 10.4 Å². The highest BCUT2D eigenvalue weighted by molar-refractivity contribution is 7.12. The molecule has 4 nitrogen and oxygen atoms in total. The fourth-order valence-electron chi connectivity index (χ4n) is 1.91. The van der Waals surface area contributed by atoms with Crippen molar-refractivity contribution in [1.29, 1.82) is 0 Å². The second kappa shape index (κ2) is 6.29. The largest absolute Gasteiger partial charge is 0.480 e. The first-order chi connectivity index (χ1) is 10.8. The lowest BCUT2D eigenvalue weighted by molar-refractivity contribution is -0.129. The van der Waals surface area contributed by atoms with Crippen molar-refractivity contribution in [2.45, 2.75) is 0 Å². The molecule has 108 valence electrons. The Bertz CT molecular complexity index is 798. The van der Waals surface area contributed by atoms with Gasteiger partial charge in [-0.3, -0.25) is 0 Å². The van der Waals surface area contributed by atoms with Crippen LogP contribution in [0, 0.1) is 12.3 Å². The van der Waals surface area contributed by atoms with E-state index in [1.54, 1.807) is 12.1 Å². The van der Waals surface area contributed by atoms with Gasteiger partial charge < -0.3 is 9.47 Å². The number of ether oxygens (including phenoxy) is 2. The van der Waals surface area contributed by atoms with Crippen molar-refractivity contribution in [3.05, 3.63) is 57.9 Å². The van der Waals surface area contributed by atoms with E-state index in [2.05, 4.69) is 10.9 Å². The average molecular weight is 309 g/mol. The number of aliphatic imine (C=N–C) groups is 1. The summed E-state index contributed by atoms with van der Waals surface area (Å²) in [6.07, 6.45) is 6.83. The van der Waals surface area contributed by atoms with Gasteiger partial charge in [-0.25, -0.2) is 9.79 Å². The maximum atomic E-state index is 11.9. The summed E-state index contributed by atoms with van der Waals surface area (Å²) in [6, 6.07) is 11.0. The maximum absolute atomic E-state index is 11.9. The number of hydrogen-bond donors (Lipinski definition) is 0. The molecule has 0 N–H and O–H groups in total. The van der Waals surface area contributed by atoms with E-state index in [1.165, 1.54) is 11.3 Å². The lowest BCUT2D eigenvalue weighted by atomic mass is 10.1. The first-order valence-electron chi connectivity index (χ1n) is 6.49. The topological polar surface area (TPSA) is 47.9 Å². The normalized spacial score (nSPS) is 15.3. The van der Waals surface area contributed by atoms with Crippen LogP contribution in [0.25, 0.3) is 6.08 Å². The van der Waals surface area contributed by atoms with Gasteiger partial charge in [0.05, 0.1) is 4.88 Å². The van der Waals surface area contributed by atoms with Crippen LogP contribution < -0.4 is 4.74 Å². The third kappa shape index (κ3) is 2.92. The van der Waals surface area contributed by atoms with E-state index in [9.17, 15) is 4.79 Å². The number of hydrogen-bond acceptors (Lipinski definition) is 5. The van der Waals surface area contributed by atoms with Crippen LogP contribution in [0.1, 0.15) is 10.4 Å². The zero-order valence-electron chi connectivity index (χ0n) is 11.5. The van der Waals surface area contributed by atoms with Crippen molar-refractivity contribution in [3.63, 3.8) is 0 Å². The Morgan fingerprint density at radius 3 is 2.95 bits per heavy atom. The van der Waals surface area contributed by atoms with E-state index in [1.807, 2.05) is 35.7 Å². The molecule has 3 rings (SSSR count). The molecule has 22 heavy (non-hydrogen) atoms. The molecule has 0 saturated carbocycles. The second-order valence-electron chi connectivity index (χ2n) is 4.34. The smallest absolute Gasteiger partial charge is 0.363 e. The minimum absolute atomic E-state index is 0.161. The Hall–Kier alpha value is -2.84. The van der Waals surface area contributed by atoms with Crippen LogP contribution in [0.15, 0.2) is 52.5 Å². The molecule has 5 heteroatoms. The predicted molar refractivity (Wildman–Crippen MR) is 85.7 cm³/mol. The Balaban J connectivity index is 1.92. The van der Waals surface area contributed by atoms with Gasteiger partial charge in [-0.05, 0) is 23.6 Å². The molecular weight excluding hydrogens is 298 g/mol. The number of nitrogens with zero attached hydrogens (tertiary/aromatic N) is 1. The van der Waals surface area contributed by atoms with Crippen molar-refractivity contribution >= 4 is 29.3 Å². The molecular formula is C17H11NO3S. The van der Waals surface area contributed by atoms with Crippen molar-refractivity contribution in [3.8, 4) is 18.1 Å². The minimum Gasteiger partial charge on any atom is -0.480 e. The monoisotopic (exact) mass is 309 g/mol. The molecule has 0 radical (unpaired) electrons. The first-order valence-corrected chi connectivity index (χ1v) is 7.37. The van der Waals surface area contributed by atoms with E-state index in [-0.39, 0.29) is 12.3 Å². The van der Waals surface area contributed by atoms with Crippen LogP contribution >= 0.6 is 11.3 Å². The van der Waals surface area contributed by atoms with Crippen LogP contribution in [-0.4, -0.2) is 18.5 Å². The summed E-state index contributed by atoms with van der Waals surface area (Å²) < 4.78 is 10.6. The molecule has 0 fully saturated rings. The highest BCUT2D eigenvalue weighted by Gasteiger charge is 2.25. The van der Waals surface area contributed by atoms with Crippen LogP contribution in [0.3, 0.4) is 0 Å². The van der Waals surface area contributed by atoms with Crippen LogP contribution in [-0.2, 0) is 9.53 Å². The summed E-state index contributed by atoms with van der Waals surface area (Å²) in [5, 5.41) is 1.90. The quantitative estimate of drug-likeness (QED) is 0.495. The Kier molecular flexibility index (Phi) is 4.03. The van der Waals surface area contributed by atoms with Crippen LogP contribution in [0.4, 0.5) is 0 Å². The van der Waals surface area contributed by atoms with E-state index < -0.39 is 5.97 Å². The number of rotatable bonds is 4. The number of terminal acetylenes is 1. The number of thiophene rings is 1. The maximum Gasteiger partial charge on any atom is 0.363 e. The average Bonchev–Trinajstić information content (AvgIpc) is 3.17. The second-order valence-corrected chi connectivity index (χ2v) is 5.29. The van der Waals surface area contributed by atoms with E-state index >= 15 is 0 Å². The van der Waals surface area contributed by atoms with Gasteiger partial charge in [0.2, 0.25) is 5.90 Å². The van der Waals surface area contributed by atoms with Gasteiger partial charge in [-0.2, -0.15) is 0 Å². The van der Waals surface area contributed by atoms with Gasteiger partial charge >= 0.3 is 5.97 Å². The highest BCUT2D eigenvalue weighted by atomic mass is 32.1. The number of esters is 1. The Labute approximate surface area is 131 Å². The van der Waals surface area contributed by atoms with Crippen LogP contribution in [0.2, 0.25) is 0 Å². The molecule has 0 atom stereocenters. The summed E-state index contributed by atoms with van der Waals surface area (Å²) in [5.74, 6) is 2.86. The Morgan fingerprint density at radius 1 is 1.32 bits per heavy atom. The minimum atomic E-state index is -0.477. The van der Waals surface area contributed by atoms with Crippen molar-refractivity contribution in [2.75, 3.05) is 6.61 Å². The highest BCUT2D eigenvalue weighted by Crippen LogP contribution is 2.25. The molecule has 1 aliphatic rings. The molecule has 2 heterocycles. The lowest BCUT2D eigenvalue weighted by Gasteiger charge is -2.05. The number of cyclic esters (lactones) is 1. The van der Waals surface area contributed by atoms with Crippen LogP contribution in [0.5, 0.6) is 5.75 Å². The molecule has 0 aliphatic carbocycles. The van der Waals surface area contributed by atoms with Gasteiger partial charge in [0.15, 0.2) is 5.70 Å². The fraction of sp³-hybridized carbons (Fsp3) is 0.0588. The Morgan fingerprint density at radius 2 is 2.18 bits per heavy atom. The zero-order valence-corrected chi connectivity index (χ0v) is 12.3. The summed E-state index contributed by atoms with van der Waals surface area (Å²) >= 11 is 1.46. The predicted octanol–water partition coefficient (Wildman–Crippen LogP) is 3.10. The molecule has 0 unspecified atom stereocenters. The number of carbonyl (C=O) groups is 1. The molecule has 1 aromatic heterocycles. The van der Waals surface area contributed by atoms with Crippen molar-refractivity contribution in [1.82, 2.24) is 0 Å². The molecule has 0 amide bonds. The molecule has 1 aliphatic heterocycles. The van der Waals surface area contributed by atoms with Crippen molar-refractivity contribution < 1.29 is 14.3 Å². The molecule has 2 aromatic rings. The molecule has 0 saturated heterocycles. The van der Waals surface area contributed by atoms with E-state index in [0.29, 0.717) is 11.6 Å². The fourth-order valence-corrected chi connectivity index (χ4v) is 2.56. The van der Waals surface area contributed by atoms with Gasteiger partial charge in [0, 0.05) is 5.56 Å². The van der Waals surface area contributed by atoms with Gasteiger partial charge in [-0.15, -0.1) is 17.8 Å². The lowest BCUT2D eigenvalue weighted by Crippen LogP contribution is -2.03. The molecule has 0 bridgehead atoms. The molecule has 0 spiro atoms. The first kappa shape index (κ1) is 14.1. The number of para-hydroxylation sites is 1. The summed E-state index contributed by atoms with van der Waals surface area (Å²) in [5.41, 5.74) is 0.959. The third-order valence-corrected chi connectivity index (χ3v) is 3.73. The van der Waals surface area contributed by atoms with Gasteiger partial charge in [-0.1, -0.05) is 30.2 Å². The van der Waals surface area contributed by atoms with Gasteiger partial charge in [0.1, 0.15) is 12.4 Å².